The number of methoxy groups -OCH3 is 2. The Balaban J connectivity index is 1.63. The van der Waals surface area contributed by atoms with Gasteiger partial charge in [-0.25, -0.2) is 9.48 Å². The fraction of sp³-hybridized carbons (Fsp3) is 0.0870. The van der Waals surface area contributed by atoms with Gasteiger partial charge in [0.25, 0.3) is 0 Å². The third-order valence-corrected chi connectivity index (χ3v) is 4.75. The fourth-order valence-electron chi connectivity index (χ4n) is 3.17. The molecule has 4 rings (SSSR count). The zero-order valence-corrected chi connectivity index (χ0v) is 16.4. The minimum Gasteiger partial charge on any atom is -0.497 e. The lowest BCUT2D eigenvalue weighted by molar-refractivity contribution is 0.0697. The van der Waals surface area contributed by atoms with Gasteiger partial charge in [0.15, 0.2) is 0 Å². The third-order valence-electron chi connectivity index (χ3n) is 4.75. The Morgan fingerprint density at radius 3 is 2.43 bits per heavy atom. The fourth-order valence-corrected chi connectivity index (χ4v) is 3.17. The molecule has 0 aliphatic rings. The van der Waals surface area contributed by atoms with E-state index in [1.807, 2.05) is 42.5 Å². The maximum absolute atomic E-state index is 11.2. The van der Waals surface area contributed by atoms with Crippen molar-refractivity contribution in [1.82, 2.24) is 15.0 Å². The predicted octanol–water partition coefficient (Wildman–Crippen LogP) is 4.32. The molecule has 0 radical (unpaired) electrons. The second-order valence-electron chi connectivity index (χ2n) is 6.55. The Morgan fingerprint density at radius 1 is 0.933 bits per heavy atom. The average Bonchev–Trinajstić information content (AvgIpc) is 3.29. The molecule has 0 aliphatic carbocycles. The van der Waals surface area contributed by atoms with E-state index in [0.717, 1.165) is 28.3 Å². The van der Waals surface area contributed by atoms with E-state index in [2.05, 4.69) is 10.3 Å². The lowest BCUT2D eigenvalue weighted by Crippen LogP contribution is -1.95. The second-order valence-corrected chi connectivity index (χ2v) is 6.55. The van der Waals surface area contributed by atoms with Gasteiger partial charge in [-0.2, -0.15) is 0 Å². The first-order chi connectivity index (χ1) is 14.6. The van der Waals surface area contributed by atoms with Crippen LogP contribution in [-0.4, -0.2) is 40.3 Å². The van der Waals surface area contributed by atoms with Crippen LogP contribution in [0.5, 0.6) is 11.5 Å². The number of benzene rings is 3. The molecule has 0 fully saturated rings. The van der Waals surface area contributed by atoms with Crippen molar-refractivity contribution in [2.24, 2.45) is 0 Å². The van der Waals surface area contributed by atoms with Crippen molar-refractivity contribution in [1.29, 1.82) is 0 Å². The molecule has 150 valence electrons. The number of carbonyl (C=O) groups is 1. The molecule has 0 aliphatic heterocycles. The molecule has 7 nitrogen and oxygen atoms in total. The van der Waals surface area contributed by atoms with Crippen molar-refractivity contribution >= 4 is 5.97 Å². The minimum absolute atomic E-state index is 0.207. The summed E-state index contributed by atoms with van der Waals surface area (Å²) in [5.41, 5.74) is 4.22. The number of ether oxygens (including phenoxy) is 2. The van der Waals surface area contributed by atoms with Gasteiger partial charge in [-0.1, -0.05) is 29.5 Å². The highest BCUT2D eigenvalue weighted by molar-refractivity contribution is 5.89. The first-order valence-corrected chi connectivity index (χ1v) is 9.18. The molecule has 0 bridgehead atoms. The molecular weight excluding hydrogens is 382 g/mol. The number of aromatic carboxylic acids is 1. The highest BCUT2D eigenvalue weighted by atomic mass is 16.5. The zero-order chi connectivity index (χ0) is 21.1. The van der Waals surface area contributed by atoms with Crippen LogP contribution in [0.2, 0.25) is 0 Å². The predicted molar refractivity (Wildman–Crippen MR) is 112 cm³/mol. The Hall–Kier alpha value is -4.13. The molecule has 0 atom stereocenters. The van der Waals surface area contributed by atoms with Gasteiger partial charge in [0.2, 0.25) is 0 Å². The standard InChI is InChI=1S/C23H19N3O4/c1-29-19-10-11-22(30-2)20(13-19)15-6-8-18(9-7-15)26-14-21(24-25-26)16-4-3-5-17(12-16)23(27)28/h3-14H,1-2H3,(H,27,28). The van der Waals surface area contributed by atoms with E-state index >= 15 is 0 Å². The summed E-state index contributed by atoms with van der Waals surface area (Å²) in [6.07, 6.45) is 1.77. The van der Waals surface area contributed by atoms with Gasteiger partial charge < -0.3 is 14.6 Å². The molecule has 1 heterocycles. The molecule has 0 unspecified atom stereocenters. The van der Waals surface area contributed by atoms with Crippen molar-refractivity contribution in [3.05, 3.63) is 78.5 Å². The van der Waals surface area contributed by atoms with Crippen molar-refractivity contribution in [3.8, 4) is 39.6 Å². The Kier molecular flexibility index (Phi) is 5.17. The average molecular weight is 401 g/mol. The first-order valence-electron chi connectivity index (χ1n) is 9.18. The van der Waals surface area contributed by atoms with Crippen molar-refractivity contribution in [2.45, 2.75) is 0 Å². The molecule has 1 N–H and O–H groups in total. The third kappa shape index (κ3) is 3.73. The number of rotatable bonds is 6. The maximum atomic E-state index is 11.2. The van der Waals surface area contributed by atoms with Gasteiger partial charge in [-0.3, -0.25) is 0 Å². The monoisotopic (exact) mass is 401 g/mol. The minimum atomic E-state index is -0.979. The number of carboxylic acids is 1. The van der Waals surface area contributed by atoms with Crippen LogP contribution in [0.25, 0.3) is 28.1 Å². The molecule has 0 amide bonds. The summed E-state index contributed by atoms with van der Waals surface area (Å²) in [5.74, 6) is 0.525. The number of aromatic nitrogens is 3. The van der Waals surface area contributed by atoms with Crippen LogP contribution in [0.1, 0.15) is 10.4 Å². The van der Waals surface area contributed by atoms with Gasteiger partial charge in [-0.15, -0.1) is 5.10 Å². The van der Waals surface area contributed by atoms with Crippen molar-refractivity contribution < 1.29 is 19.4 Å². The summed E-state index contributed by atoms with van der Waals surface area (Å²) in [5, 5.41) is 17.5. The summed E-state index contributed by atoms with van der Waals surface area (Å²) in [6, 6.07) is 20.1. The van der Waals surface area contributed by atoms with Gasteiger partial charge in [0, 0.05) is 11.1 Å². The van der Waals surface area contributed by atoms with Crippen LogP contribution in [0.4, 0.5) is 0 Å². The lowest BCUT2D eigenvalue weighted by Gasteiger charge is -2.11. The van der Waals surface area contributed by atoms with Crippen molar-refractivity contribution in [2.75, 3.05) is 14.2 Å². The van der Waals surface area contributed by atoms with Gasteiger partial charge in [0.05, 0.1) is 31.7 Å². The van der Waals surface area contributed by atoms with E-state index in [4.69, 9.17) is 9.47 Å². The number of hydrogen-bond donors (Lipinski definition) is 1. The summed E-state index contributed by atoms with van der Waals surface area (Å²) in [4.78, 5) is 11.2. The molecule has 7 heteroatoms. The number of carboxylic acid groups (broad SMARTS) is 1. The number of nitrogens with zero attached hydrogens (tertiary/aromatic N) is 3. The van der Waals surface area contributed by atoms with Crippen molar-refractivity contribution in [3.63, 3.8) is 0 Å². The molecule has 0 spiro atoms. The topological polar surface area (TPSA) is 86.5 Å². The van der Waals surface area contributed by atoms with Crippen LogP contribution in [0.15, 0.2) is 72.9 Å². The Morgan fingerprint density at radius 2 is 1.73 bits per heavy atom. The Bertz CT molecular complexity index is 1200. The summed E-state index contributed by atoms with van der Waals surface area (Å²) in [6.45, 7) is 0. The SMILES string of the molecule is COc1ccc(OC)c(-c2ccc(-n3cc(-c4cccc(C(=O)O)c4)nn3)cc2)c1. The van der Waals surface area contributed by atoms with Gasteiger partial charge in [-0.05, 0) is 48.0 Å². The number of hydrogen-bond acceptors (Lipinski definition) is 5. The molecule has 0 saturated heterocycles. The molecule has 30 heavy (non-hydrogen) atoms. The summed E-state index contributed by atoms with van der Waals surface area (Å²) < 4.78 is 12.4. The van der Waals surface area contributed by atoms with Crippen LogP contribution < -0.4 is 9.47 Å². The van der Waals surface area contributed by atoms with E-state index in [1.54, 1.807) is 49.4 Å². The van der Waals surface area contributed by atoms with Gasteiger partial charge >= 0.3 is 5.97 Å². The van der Waals surface area contributed by atoms with Crippen LogP contribution in [0.3, 0.4) is 0 Å². The second kappa shape index (κ2) is 8.08. The largest absolute Gasteiger partial charge is 0.497 e. The highest BCUT2D eigenvalue weighted by Crippen LogP contribution is 2.33. The molecule has 4 aromatic rings. The lowest BCUT2D eigenvalue weighted by atomic mass is 10.0. The van der Waals surface area contributed by atoms with E-state index in [9.17, 15) is 9.90 Å². The normalized spacial score (nSPS) is 10.6. The highest BCUT2D eigenvalue weighted by Gasteiger charge is 2.11. The van der Waals surface area contributed by atoms with Gasteiger partial charge in [0.1, 0.15) is 17.2 Å². The molecule has 3 aromatic carbocycles. The zero-order valence-electron chi connectivity index (χ0n) is 16.4. The smallest absolute Gasteiger partial charge is 0.335 e. The van der Waals surface area contributed by atoms with E-state index in [0.29, 0.717) is 11.3 Å². The summed E-state index contributed by atoms with van der Waals surface area (Å²) in [7, 11) is 3.26. The molecule has 1 aromatic heterocycles. The van der Waals surface area contributed by atoms with Crippen LogP contribution in [-0.2, 0) is 0 Å². The van der Waals surface area contributed by atoms with E-state index in [-0.39, 0.29) is 5.56 Å². The summed E-state index contributed by atoms with van der Waals surface area (Å²) >= 11 is 0. The molecular formula is C23H19N3O4. The van der Waals surface area contributed by atoms with Crippen LogP contribution >= 0.6 is 0 Å². The Labute approximate surface area is 173 Å². The quantitative estimate of drug-likeness (QED) is 0.518. The van der Waals surface area contributed by atoms with E-state index in [1.165, 1.54) is 0 Å². The molecule has 0 saturated carbocycles. The van der Waals surface area contributed by atoms with E-state index < -0.39 is 5.97 Å². The first kappa shape index (κ1) is 19.2. The maximum Gasteiger partial charge on any atom is 0.335 e. The van der Waals surface area contributed by atoms with Crippen LogP contribution in [0, 0.1) is 0 Å².